The molecule has 4 aromatic rings. The van der Waals surface area contributed by atoms with E-state index in [0.29, 0.717) is 29.9 Å². The number of hydrogen-bond acceptors (Lipinski definition) is 4. The number of aryl methyl sites for hydroxylation is 2. The number of anilines is 1. The maximum absolute atomic E-state index is 13.6. The van der Waals surface area contributed by atoms with Gasteiger partial charge in [-0.15, -0.1) is 0 Å². The van der Waals surface area contributed by atoms with Gasteiger partial charge >= 0.3 is 5.97 Å². The fourth-order valence-corrected chi connectivity index (χ4v) is 5.44. The van der Waals surface area contributed by atoms with Crippen molar-refractivity contribution in [2.24, 2.45) is 0 Å². The van der Waals surface area contributed by atoms with E-state index in [1.54, 1.807) is 32.0 Å². The zero-order valence-corrected chi connectivity index (χ0v) is 20.9. The Hall–Kier alpha value is -4.10. The van der Waals surface area contributed by atoms with Gasteiger partial charge in [-0.2, -0.15) is 0 Å². The molecular formula is C29H27NO5S. The third kappa shape index (κ3) is 5.93. The highest BCUT2D eigenvalue weighted by molar-refractivity contribution is 7.92. The highest BCUT2D eigenvalue weighted by atomic mass is 32.2. The van der Waals surface area contributed by atoms with Gasteiger partial charge in [0.25, 0.3) is 10.0 Å². The first-order valence-electron chi connectivity index (χ1n) is 11.4. The van der Waals surface area contributed by atoms with Gasteiger partial charge in [-0.25, -0.2) is 13.2 Å². The number of carboxylic acids is 1. The molecule has 0 unspecified atom stereocenters. The van der Waals surface area contributed by atoms with Gasteiger partial charge in [0.15, 0.2) is 0 Å². The van der Waals surface area contributed by atoms with Crippen LogP contribution in [0.15, 0.2) is 95.9 Å². The molecule has 2 N–H and O–H groups in total. The minimum atomic E-state index is -4.11. The van der Waals surface area contributed by atoms with E-state index >= 15 is 0 Å². The Kier molecular flexibility index (Phi) is 7.41. The van der Waals surface area contributed by atoms with Gasteiger partial charge < -0.3 is 9.84 Å². The second-order valence-corrected chi connectivity index (χ2v) is 10.3. The molecule has 0 aliphatic rings. The van der Waals surface area contributed by atoms with Gasteiger partial charge in [0.1, 0.15) is 12.4 Å². The van der Waals surface area contributed by atoms with E-state index in [2.05, 4.69) is 4.72 Å². The SMILES string of the molecule is Cc1cc(C)c(NS(=O)(=O)c2ccc(OCc3ccccc3)cc2Cc2ccccc2)c(C(=O)O)c1. The fraction of sp³-hybridized carbons (Fsp3) is 0.138. The molecule has 184 valence electrons. The predicted octanol–water partition coefficient (Wildman–Crippen LogP) is 5.97. The first kappa shape index (κ1) is 25.0. The summed E-state index contributed by atoms with van der Waals surface area (Å²) in [7, 11) is -4.11. The Morgan fingerprint density at radius 2 is 1.50 bits per heavy atom. The van der Waals surface area contributed by atoms with Crippen molar-refractivity contribution >= 4 is 21.7 Å². The van der Waals surface area contributed by atoms with E-state index in [9.17, 15) is 18.3 Å². The van der Waals surface area contributed by atoms with Crippen LogP contribution in [0.25, 0.3) is 0 Å². The second-order valence-electron chi connectivity index (χ2n) is 8.62. The molecule has 4 aromatic carbocycles. The molecule has 0 heterocycles. The number of aromatic carboxylic acids is 1. The smallest absolute Gasteiger partial charge is 0.337 e. The van der Waals surface area contributed by atoms with Crippen LogP contribution in [0.4, 0.5) is 5.69 Å². The monoisotopic (exact) mass is 501 g/mol. The van der Waals surface area contributed by atoms with Crippen molar-refractivity contribution in [2.75, 3.05) is 4.72 Å². The molecule has 0 aliphatic heterocycles. The van der Waals surface area contributed by atoms with Gasteiger partial charge in [-0.3, -0.25) is 4.72 Å². The molecule has 0 bridgehead atoms. The molecule has 4 rings (SSSR count). The van der Waals surface area contributed by atoms with E-state index in [0.717, 1.165) is 16.7 Å². The van der Waals surface area contributed by atoms with Crippen LogP contribution < -0.4 is 9.46 Å². The summed E-state index contributed by atoms with van der Waals surface area (Å²) in [5.74, 6) is -0.657. The summed E-state index contributed by atoms with van der Waals surface area (Å²) in [6.45, 7) is 3.80. The third-order valence-corrected chi connectivity index (χ3v) is 7.20. The van der Waals surface area contributed by atoms with Gasteiger partial charge in [0.2, 0.25) is 0 Å². The number of benzene rings is 4. The van der Waals surface area contributed by atoms with E-state index < -0.39 is 16.0 Å². The summed E-state index contributed by atoms with van der Waals surface area (Å²) in [6.07, 6.45) is 0.359. The van der Waals surface area contributed by atoms with Crippen molar-refractivity contribution in [3.63, 3.8) is 0 Å². The average molecular weight is 502 g/mol. The molecule has 0 saturated carbocycles. The van der Waals surface area contributed by atoms with E-state index in [1.165, 1.54) is 12.1 Å². The standard InChI is InChI=1S/C29H27NO5S/c1-20-15-21(2)28(26(16-20)29(31)32)30-36(33,34)27-14-13-25(35-19-23-11-7-4-8-12-23)18-24(27)17-22-9-5-3-6-10-22/h3-16,18,30H,17,19H2,1-2H3,(H,31,32). The van der Waals surface area contributed by atoms with Crippen LogP contribution >= 0.6 is 0 Å². The van der Waals surface area contributed by atoms with Crippen molar-refractivity contribution in [2.45, 2.75) is 31.8 Å². The molecule has 36 heavy (non-hydrogen) atoms. The highest BCUT2D eigenvalue weighted by Crippen LogP contribution is 2.30. The lowest BCUT2D eigenvalue weighted by molar-refractivity contribution is 0.0698. The van der Waals surface area contributed by atoms with Gasteiger partial charge in [-0.1, -0.05) is 66.7 Å². The van der Waals surface area contributed by atoms with Crippen molar-refractivity contribution in [3.05, 3.63) is 124 Å². The van der Waals surface area contributed by atoms with Gasteiger partial charge in [0.05, 0.1) is 16.1 Å². The Morgan fingerprint density at radius 1 is 0.861 bits per heavy atom. The number of rotatable bonds is 9. The van der Waals surface area contributed by atoms with Crippen molar-refractivity contribution < 1.29 is 23.1 Å². The molecule has 0 fully saturated rings. The van der Waals surface area contributed by atoms with Crippen LogP contribution in [-0.2, 0) is 23.1 Å². The largest absolute Gasteiger partial charge is 0.489 e. The highest BCUT2D eigenvalue weighted by Gasteiger charge is 2.24. The van der Waals surface area contributed by atoms with Crippen LogP contribution in [0.1, 0.15) is 38.2 Å². The van der Waals surface area contributed by atoms with Gasteiger partial charge in [0, 0.05) is 0 Å². The topological polar surface area (TPSA) is 92.7 Å². The normalized spacial score (nSPS) is 11.2. The summed E-state index contributed by atoms with van der Waals surface area (Å²) in [4.78, 5) is 11.9. The molecule has 0 spiro atoms. The van der Waals surface area contributed by atoms with E-state index in [1.807, 2.05) is 60.7 Å². The Labute approximate surface area is 211 Å². The number of nitrogens with one attached hydrogen (secondary N) is 1. The molecular weight excluding hydrogens is 474 g/mol. The Bertz CT molecular complexity index is 1480. The molecule has 0 aromatic heterocycles. The number of carbonyl (C=O) groups is 1. The lowest BCUT2D eigenvalue weighted by atomic mass is 10.0. The molecule has 0 amide bonds. The maximum Gasteiger partial charge on any atom is 0.337 e. The molecule has 0 aliphatic carbocycles. The number of hydrogen-bond donors (Lipinski definition) is 2. The van der Waals surface area contributed by atoms with Crippen LogP contribution in [0.3, 0.4) is 0 Å². The minimum absolute atomic E-state index is 0.0585. The Morgan fingerprint density at radius 3 is 2.14 bits per heavy atom. The van der Waals surface area contributed by atoms with Crippen molar-refractivity contribution in [1.82, 2.24) is 0 Å². The summed E-state index contributed by atoms with van der Waals surface area (Å²) < 4.78 is 35.6. The van der Waals surface area contributed by atoms with Gasteiger partial charge in [-0.05, 0) is 72.4 Å². The molecule has 0 radical (unpaired) electrons. The lowest BCUT2D eigenvalue weighted by Gasteiger charge is -2.17. The van der Waals surface area contributed by atoms with E-state index in [-0.39, 0.29) is 16.1 Å². The second kappa shape index (κ2) is 10.7. The molecule has 0 saturated heterocycles. The summed E-state index contributed by atoms with van der Waals surface area (Å²) in [5, 5.41) is 9.67. The number of ether oxygens (including phenoxy) is 1. The Balaban J connectivity index is 1.71. The zero-order valence-electron chi connectivity index (χ0n) is 20.1. The zero-order chi connectivity index (χ0) is 25.7. The fourth-order valence-electron chi connectivity index (χ4n) is 4.06. The first-order valence-corrected chi connectivity index (χ1v) is 12.9. The number of carboxylic acid groups (broad SMARTS) is 1. The molecule has 7 heteroatoms. The molecule has 0 atom stereocenters. The summed E-state index contributed by atoms with van der Waals surface area (Å²) >= 11 is 0. The maximum atomic E-state index is 13.6. The van der Waals surface area contributed by atoms with Crippen LogP contribution in [0.5, 0.6) is 5.75 Å². The minimum Gasteiger partial charge on any atom is -0.489 e. The quantitative estimate of drug-likeness (QED) is 0.295. The van der Waals surface area contributed by atoms with Crippen LogP contribution in [-0.4, -0.2) is 19.5 Å². The summed E-state index contributed by atoms with van der Waals surface area (Å²) in [6, 6.07) is 27.3. The number of sulfonamides is 1. The van der Waals surface area contributed by atoms with E-state index in [4.69, 9.17) is 4.74 Å². The summed E-state index contributed by atoms with van der Waals surface area (Å²) in [5.41, 5.74) is 3.71. The average Bonchev–Trinajstić information content (AvgIpc) is 2.85. The molecule has 6 nitrogen and oxygen atoms in total. The van der Waals surface area contributed by atoms with Crippen molar-refractivity contribution in [3.8, 4) is 5.75 Å². The van der Waals surface area contributed by atoms with Crippen molar-refractivity contribution in [1.29, 1.82) is 0 Å². The van der Waals surface area contributed by atoms with Crippen LogP contribution in [0, 0.1) is 13.8 Å². The predicted molar refractivity (Wildman–Crippen MR) is 140 cm³/mol. The lowest BCUT2D eigenvalue weighted by Crippen LogP contribution is -2.18. The third-order valence-electron chi connectivity index (χ3n) is 5.75. The van der Waals surface area contributed by atoms with Crippen LogP contribution in [0.2, 0.25) is 0 Å². The first-order chi connectivity index (χ1) is 17.2.